The molecule has 0 bridgehead atoms. The molecule has 0 unspecified atom stereocenters. The monoisotopic (exact) mass is 189 g/mol. The summed E-state index contributed by atoms with van der Waals surface area (Å²) < 4.78 is 11.2. The molecule has 2 atom stereocenters. The third-order valence-corrected chi connectivity index (χ3v) is 2.75. The minimum Gasteiger partial charge on any atom is -0.327 e. The summed E-state index contributed by atoms with van der Waals surface area (Å²) in [4.78, 5) is 0. The van der Waals surface area contributed by atoms with E-state index in [4.69, 9.17) is 5.73 Å². The Morgan fingerprint density at radius 3 is 2.75 bits per heavy atom. The second-order valence-electron chi connectivity index (χ2n) is 3.04. The lowest BCUT2D eigenvalue weighted by atomic mass is 10.2. The van der Waals surface area contributed by atoms with Gasteiger partial charge < -0.3 is 5.73 Å². The van der Waals surface area contributed by atoms with Crippen molar-refractivity contribution in [2.24, 2.45) is 5.73 Å². The molecule has 0 saturated carbocycles. The summed E-state index contributed by atoms with van der Waals surface area (Å²) in [5.41, 5.74) is 5.50. The first-order valence-electron chi connectivity index (χ1n) is 4.46. The standard InChI is InChI=1S/C9H19NOS/c1-3-4-5-6-7-12(11)8-9(2)10/h6-7,9H,3-5,8,10H2,1-2H3/b7-6+/t9-,12+/m0/s1. The van der Waals surface area contributed by atoms with E-state index >= 15 is 0 Å². The Morgan fingerprint density at radius 2 is 2.25 bits per heavy atom. The van der Waals surface area contributed by atoms with Crippen LogP contribution in [0, 0.1) is 0 Å². The second-order valence-corrected chi connectivity index (χ2v) is 4.41. The zero-order valence-corrected chi connectivity index (χ0v) is 8.77. The molecule has 72 valence electrons. The summed E-state index contributed by atoms with van der Waals surface area (Å²) in [6.07, 6.45) is 5.37. The van der Waals surface area contributed by atoms with Crippen LogP contribution in [-0.2, 0) is 10.8 Å². The molecule has 0 heterocycles. The minimum atomic E-state index is -0.859. The molecular formula is C9H19NOS. The Kier molecular flexibility index (Phi) is 7.40. The zero-order valence-electron chi connectivity index (χ0n) is 7.95. The van der Waals surface area contributed by atoms with Crippen LogP contribution in [0.2, 0.25) is 0 Å². The summed E-state index contributed by atoms with van der Waals surface area (Å²) in [6, 6.07) is 0.0293. The first-order valence-corrected chi connectivity index (χ1v) is 5.84. The number of rotatable bonds is 6. The van der Waals surface area contributed by atoms with E-state index in [1.165, 1.54) is 12.8 Å². The van der Waals surface area contributed by atoms with Gasteiger partial charge in [0.2, 0.25) is 0 Å². The molecular weight excluding hydrogens is 170 g/mol. The number of hydrogen-bond donors (Lipinski definition) is 1. The van der Waals surface area contributed by atoms with Crippen molar-refractivity contribution in [3.8, 4) is 0 Å². The minimum absolute atomic E-state index is 0.0293. The van der Waals surface area contributed by atoms with Crippen molar-refractivity contribution < 1.29 is 4.21 Å². The molecule has 2 nitrogen and oxygen atoms in total. The molecule has 0 aromatic heterocycles. The summed E-state index contributed by atoms with van der Waals surface area (Å²) in [6.45, 7) is 4.02. The summed E-state index contributed by atoms with van der Waals surface area (Å²) >= 11 is 0. The van der Waals surface area contributed by atoms with Gasteiger partial charge in [-0.2, -0.15) is 0 Å². The quantitative estimate of drug-likeness (QED) is 0.647. The molecule has 0 aromatic carbocycles. The van der Waals surface area contributed by atoms with Gasteiger partial charge >= 0.3 is 0 Å². The number of hydrogen-bond acceptors (Lipinski definition) is 2. The van der Waals surface area contributed by atoms with Crippen molar-refractivity contribution in [2.75, 3.05) is 5.75 Å². The average Bonchev–Trinajstić information content (AvgIpc) is 1.97. The smallest absolute Gasteiger partial charge is 0.0468 e. The van der Waals surface area contributed by atoms with Crippen LogP contribution in [0.1, 0.15) is 33.1 Å². The lowest BCUT2D eigenvalue weighted by Crippen LogP contribution is -2.21. The Balaban J connectivity index is 3.47. The van der Waals surface area contributed by atoms with Crippen LogP contribution >= 0.6 is 0 Å². The molecule has 0 radical (unpaired) electrons. The van der Waals surface area contributed by atoms with Gasteiger partial charge in [0.25, 0.3) is 0 Å². The summed E-state index contributed by atoms with van der Waals surface area (Å²) in [5.74, 6) is 0.572. The second kappa shape index (κ2) is 7.50. The molecule has 0 rings (SSSR count). The van der Waals surface area contributed by atoms with E-state index in [-0.39, 0.29) is 6.04 Å². The summed E-state index contributed by atoms with van der Waals surface area (Å²) in [5, 5.41) is 1.76. The van der Waals surface area contributed by atoms with Crippen molar-refractivity contribution in [3.05, 3.63) is 11.5 Å². The van der Waals surface area contributed by atoms with Gasteiger partial charge in [-0.05, 0) is 18.8 Å². The highest BCUT2D eigenvalue weighted by Gasteiger charge is 1.97. The van der Waals surface area contributed by atoms with Crippen molar-refractivity contribution in [2.45, 2.75) is 39.2 Å². The Labute approximate surface area is 77.7 Å². The Morgan fingerprint density at radius 1 is 1.58 bits per heavy atom. The number of unbranched alkanes of at least 4 members (excludes halogenated alkanes) is 2. The van der Waals surface area contributed by atoms with Crippen LogP contribution < -0.4 is 5.73 Å². The van der Waals surface area contributed by atoms with Gasteiger partial charge in [-0.1, -0.05) is 25.8 Å². The van der Waals surface area contributed by atoms with Crippen molar-refractivity contribution in [1.29, 1.82) is 0 Å². The van der Waals surface area contributed by atoms with Gasteiger partial charge in [0.1, 0.15) is 0 Å². The topological polar surface area (TPSA) is 43.1 Å². The van der Waals surface area contributed by atoms with Crippen LogP contribution in [0.4, 0.5) is 0 Å². The van der Waals surface area contributed by atoms with E-state index in [1.54, 1.807) is 5.41 Å². The van der Waals surface area contributed by atoms with Gasteiger partial charge in [-0.25, -0.2) is 0 Å². The first-order chi connectivity index (χ1) is 5.66. The van der Waals surface area contributed by atoms with Gasteiger partial charge in [0.05, 0.1) is 0 Å². The predicted molar refractivity (Wildman–Crippen MR) is 55.3 cm³/mol. The highest BCUT2D eigenvalue weighted by Crippen LogP contribution is 1.97. The van der Waals surface area contributed by atoms with Crippen LogP contribution in [0.15, 0.2) is 11.5 Å². The number of allylic oxidation sites excluding steroid dienone is 1. The molecule has 12 heavy (non-hydrogen) atoms. The van der Waals surface area contributed by atoms with Crippen LogP contribution in [0.5, 0.6) is 0 Å². The van der Waals surface area contributed by atoms with Crippen molar-refractivity contribution >= 4 is 10.8 Å². The molecule has 0 amide bonds. The fourth-order valence-electron chi connectivity index (χ4n) is 0.812. The van der Waals surface area contributed by atoms with Crippen LogP contribution in [-0.4, -0.2) is 16.0 Å². The fourth-order valence-corrected chi connectivity index (χ4v) is 1.79. The SMILES string of the molecule is CCCC/C=C/[S@@](=O)C[C@H](C)N. The Hall–Kier alpha value is -0.150. The van der Waals surface area contributed by atoms with Crippen LogP contribution in [0.3, 0.4) is 0 Å². The fraction of sp³-hybridized carbons (Fsp3) is 0.778. The largest absolute Gasteiger partial charge is 0.327 e. The van der Waals surface area contributed by atoms with E-state index in [9.17, 15) is 4.21 Å². The third kappa shape index (κ3) is 7.95. The normalized spacial score (nSPS) is 16.6. The molecule has 0 aliphatic carbocycles. The van der Waals surface area contributed by atoms with Gasteiger partial charge in [-0.15, -0.1) is 0 Å². The van der Waals surface area contributed by atoms with Gasteiger partial charge in [0, 0.05) is 22.6 Å². The highest BCUT2D eigenvalue weighted by molar-refractivity contribution is 7.88. The maximum Gasteiger partial charge on any atom is 0.0468 e. The first kappa shape index (κ1) is 11.8. The predicted octanol–water partition coefficient (Wildman–Crippen LogP) is 1.79. The van der Waals surface area contributed by atoms with Crippen molar-refractivity contribution in [3.63, 3.8) is 0 Å². The average molecular weight is 189 g/mol. The Bertz CT molecular complexity index is 155. The lowest BCUT2D eigenvalue weighted by Gasteiger charge is -1.99. The molecule has 0 aliphatic heterocycles. The van der Waals surface area contributed by atoms with Gasteiger partial charge in [0.15, 0.2) is 0 Å². The van der Waals surface area contributed by atoms with E-state index in [1.807, 2.05) is 13.0 Å². The molecule has 0 saturated heterocycles. The highest BCUT2D eigenvalue weighted by atomic mass is 32.2. The van der Waals surface area contributed by atoms with E-state index in [0.717, 1.165) is 6.42 Å². The molecule has 0 aromatic rings. The molecule has 0 aliphatic rings. The molecule has 2 N–H and O–H groups in total. The zero-order chi connectivity index (χ0) is 9.40. The van der Waals surface area contributed by atoms with Gasteiger partial charge in [-0.3, -0.25) is 4.21 Å². The molecule has 0 fully saturated rings. The number of nitrogens with two attached hydrogens (primary N) is 1. The third-order valence-electron chi connectivity index (χ3n) is 1.40. The van der Waals surface area contributed by atoms with E-state index in [2.05, 4.69) is 6.92 Å². The van der Waals surface area contributed by atoms with E-state index < -0.39 is 10.8 Å². The van der Waals surface area contributed by atoms with E-state index in [0.29, 0.717) is 5.75 Å². The maximum atomic E-state index is 11.2. The molecule has 3 heteroatoms. The summed E-state index contributed by atoms with van der Waals surface area (Å²) in [7, 11) is -0.859. The maximum absolute atomic E-state index is 11.2. The van der Waals surface area contributed by atoms with Crippen molar-refractivity contribution in [1.82, 2.24) is 0 Å². The molecule has 0 spiro atoms. The lowest BCUT2D eigenvalue weighted by molar-refractivity contribution is 0.682. The van der Waals surface area contributed by atoms with Crippen LogP contribution in [0.25, 0.3) is 0 Å².